The van der Waals surface area contributed by atoms with Gasteiger partial charge in [-0.1, -0.05) is 0 Å². The van der Waals surface area contributed by atoms with E-state index >= 15 is 0 Å². The zero-order valence-corrected chi connectivity index (χ0v) is 17.0. The van der Waals surface area contributed by atoms with E-state index in [2.05, 4.69) is 15.0 Å². The van der Waals surface area contributed by atoms with Gasteiger partial charge in [0.25, 0.3) is 17.6 Å². The molecule has 1 aliphatic rings. The first kappa shape index (κ1) is 24.1. The highest BCUT2D eigenvalue weighted by molar-refractivity contribution is 5.73. The lowest BCUT2D eigenvalue weighted by molar-refractivity contribution is -0.122. The topological polar surface area (TPSA) is 211 Å². The Labute approximate surface area is 169 Å². The number of H-pyrrole nitrogens is 2. The first-order chi connectivity index (χ1) is 14.0. The number of carbonyl (C=O) groups is 1. The maximum absolute atomic E-state index is 11.5. The number of aliphatic imine (C=N–C) groups is 1. The van der Waals surface area contributed by atoms with Gasteiger partial charge in [0.2, 0.25) is 0 Å². The Bertz CT molecular complexity index is 1170. The van der Waals surface area contributed by atoms with Crippen LogP contribution < -0.4 is 34.0 Å². The number of nitrogens with one attached hydrogen (secondary N) is 2. The first-order valence-electron chi connectivity index (χ1n) is 8.85. The average Bonchev–Trinajstić information content (AvgIpc) is 3.10. The molecule has 2 aromatic rings. The molecule has 0 unspecified atom stereocenters. The van der Waals surface area contributed by atoms with E-state index in [1.807, 2.05) is 13.8 Å². The van der Waals surface area contributed by atoms with Crippen molar-refractivity contribution in [2.75, 3.05) is 11.5 Å². The Morgan fingerprint density at radius 3 is 1.97 bits per heavy atom. The van der Waals surface area contributed by atoms with Crippen molar-refractivity contribution in [2.24, 2.45) is 4.99 Å². The van der Waals surface area contributed by atoms with E-state index in [9.17, 15) is 19.2 Å². The maximum Gasteiger partial charge on any atom is 0.330 e. The molecule has 0 aromatic carbocycles. The van der Waals surface area contributed by atoms with Gasteiger partial charge in [0.1, 0.15) is 17.3 Å². The van der Waals surface area contributed by atoms with E-state index in [4.69, 9.17) is 21.4 Å². The molecule has 0 saturated carbocycles. The van der Waals surface area contributed by atoms with Crippen molar-refractivity contribution in [2.45, 2.75) is 46.2 Å². The highest BCUT2D eigenvalue weighted by atomic mass is 16.3. The SMILES string of the molecule is CC(C)n1c(N)c(N)c(=O)[nH]c1=O.CC(C)n1c2c(c(=O)[nH]c1=O)CC=N2.O=CO. The molecule has 0 bridgehead atoms. The van der Waals surface area contributed by atoms with Crippen LogP contribution >= 0.6 is 0 Å². The number of hydrogen-bond acceptors (Lipinski definition) is 8. The van der Waals surface area contributed by atoms with Gasteiger partial charge < -0.3 is 16.6 Å². The second-order valence-electron chi connectivity index (χ2n) is 6.67. The molecular weight excluding hydrogens is 398 g/mol. The largest absolute Gasteiger partial charge is 0.483 e. The van der Waals surface area contributed by atoms with E-state index in [0.29, 0.717) is 17.8 Å². The van der Waals surface area contributed by atoms with Gasteiger partial charge in [-0.25, -0.2) is 14.6 Å². The van der Waals surface area contributed by atoms with E-state index in [0.717, 1.165) is 0 Å². The van der Waals surface area contributed by atoms with Crippen LogP contribution in [0.3, 0.4) is 0 Å². The van der Waals surface area contributed by atoms with Crippen molar-refractivity contribution in [1.82, 2.24) is 19.1 Å². The summed E-state index contributed by atoms with van der Waals surface area (Å²) in [6, 6.07) is -0.130. The van der Waals surface area contributed by atoms with Crippen LogP contribution in [0, 0.1) is 0 Å². The lowest BCUT2D eigenvalue weighted by atomic mass is 10.2. The van der Waals surface area contributed by atoms with Crippen molar-refractivity contribution in [1.29, 1.82) is 0 Å². The smallest absolute Gasteiger partial charge is 0.330 e. The zero-order chi connectivity index (χ0) is 23.2. The highest BCUT2D eigenvalue weighted by Crippen LogP contribution is 2.21. The van der Waals surface area contributed by atoms with E-state index in [-0.39, 0.29) is 41.3 Å². The van der Waals surface area contributed by atoms with Gasteiger partial charge in [-0.3, -0.25) is 33.5 Å². The van der Waals surface area contributed by atoms with Gasteiger partial charge in [-0.15, -0.1) is 0 Å². The van der Waals surface area contributed by atoms with Crippen LogP contribution in [0.5, 0.6) is 0 Å². The molecule has 13 nitrogen and oxygen atoms in total. The number of fused-ring (bicyclic) bond motifs is 1. The predicted octanol–water partition coefficient (Wildman–Crippen LogP) is -0.641. The molecule has 13 heteroatoms. The predicted molar refractivity (Wildman–Crippen MR) is 113 cm³/mol. The summed E-state index contributed by atoms with van der Waals surface area (Å²) in [5.41, 5.74) is 9.45. The van der Waals surface area contributed by atoms with Crippen molar-refractivity contribution >= 4 is 30.0 Å². The van der Waals surface area contributed by atoms with Gasteiger partial charge in [0.05, 0.1) is 5.56 Å². The normalized spacial score (nSPS) is 11.4. The Morgan fingerprint density at radius 1 is 1.00 bits per heavy atom. The summed E-state index contributed by atoms with van der Waals surface area (Å²) in [7, 11) is 0. The molecule has 0 fully saturated rings. The maximum atomic E-state index is 11.5. The summed E-state index contributed by atoms with van der Waals surface area (Å²) in [5.74, 6) is 0.525. The second kappa shape index (κ2) is 10.0. The number of nitrogens with two attached hydrogens (primary N) is 2. The lowest BCUT2D eigenvalue weighted by Gasteiger charge is -2.13. The van der Waals surface area contributed by atoms with Gasteiger partial charge in [-0.05, 0) is 27.7 Å². The van der Waals surface area contributed by atoms with Crippen LogP contribution in [-0.2, 0) is 11.2 Å². The summed E-state index contributed by atoms with van der Waals surface area (Å²) in [6.45, 7) is 7.06. The Kier molecular flexibility index (Phi) is 8.08. The third-order valence-corrected chi connectivity index (χ3v) is 3.97. The number of nitrogens with zero attached hydrogens (tertiary/aromatic N) is 3. The summed E-state index contributed by atoms with van der Waals surface area (Å²) in [5, 5.41) is 6.89. The highest BCUT2D eigenvalue weighted by Gasteiger charge is 2.18. The number of rotatable bonds is 2. The molecule has 0 aliphatic carbocycles. The molecule has 0 radical (unpaired) electrons. The van der Waals surface area contributed by atoms with E-state index in [1.165, 1.54) is 9.13 Å². The molecular formula is C17H25N7O6. The molecule has 164 valence electrons. The summed E-state index contributed by atoms with van der Waals surface area (Å²) in [6.07, 6.45) is 2.16. The molecule has 7 N–H and O–H groups in total. The van der Waals surface area contributed by atoms with E-state index < -0.39 is 11.2 Å². The monoisotopic (exact) mass is 423 g/mol. The van der Waals surface area contributed by atoms with Gasteiger partial charge in [0.15, 0.2) is 0 Å². The Morgan fingerprint density at radius 2 is 1.47 bits per heavy atom. The zero-order valence-electron chi connectivity index (χ0n) is 17.0. The number of nitrogen functional groups attached to an aromatic ring is 2. The van der Waals surface area contributed by atoms with Crippen LogP contribution in [-0.4, -0.2) is 36.9 Å². The Balaban J connectivity index is 0.000000266. The van der Waals surface area contributed by atoms with Crippen LogP contribution in [0.15, 0.2) is 24.2 Å². The number of hydrogen-bond donors (Lipinski definition) is 5. The molecule has 0 saturated heterocycles. The fourth-order valence-corrected chi connectivity index (χ4v) is 2.70. The molecule has 0 atom stereocenters. The van der Waals surface area contributed by atoms with E-state index in [1.54, 1.807) is 20.1 Å². The molecule has 1 aliphatic heterocycles. The van der Waals surface area contributed by atoms with Gasteiger partial charge in [0, 0.05) is 24.7 Å². The molecule has 3 rings (SSSR count). The van der Waals surface area contributed by atoms with Crippen LogP contribution in [0.1, 0.15) is 45.3 Å². The molecule has 30 heavy (non-hydrogen) atoms. The van der Waals surface area contributed by atoms with Crippen LogP contribution in [0.2, 0.25) is 0 Å². The van der Waals surface area contributed by atoms with Crippen molar-refractivity contribution in [3.63, 3.8) is 0 Å². The number of aromatic nitrogens is 4. The number of aromatic amines is 2. The van der Waals surface area contributed by atoms with Gasteiger partial charge >= 0.3 is 11.4 Å². The van der Waals surface area contributed by atoms with Crippen LogP contribution in [0.4, 0.5) is 17.3 Å². The third kappa shape index (κ3) is 5.12. The average molecular weight is 423 g/mol. The minimum Gasteiger partial charge on any atom is -0.483 e. The fraction of sp³-hybridized carbons (Fsp3) is 0.412. The number of carboxylic acid groups (broad SMARTS) is 1. The summed E-state index contributed by atoms with van der Waals surface area (Å²) in [4.78, 5) is 61.8. The van der Waals surface area contributed by atoms with Crippen molar-refractivity contribution in [3.8, 4) is 0 Å². The first-order valence-corrected chi connectivity index (χ1v) is 8.85. The standard InChI is InChI=1S/C9H11N3O2.C7H12N4O2.CH2O2/c1-5(2)12-7-6(3-4-10-7)8(13)11-9(12)14;1-3(2)11-5(9)4(8)6(12)10-7(11)13;2-1-3/h4-5H,3H2,1-2H3,(H,11,13,14);3H,8-9H2,1-2H3,(H,10,12,13);1H,(H,2,3). The van der Waals surface area contributed by atoms with Gasteiger partial charge in [-0.2, -0.15) is 0 Å². The molecule has 3 heterocycles. The minimum absolute atomic E-state index is 0.00310. The quantitative estimate of drug-likeness (QED) is 0.391. The second-order valence-corrected chi connectivity index (χ2v) is 6.67. The number of anilines is 2. The summed E-state index contributed by atoms with van der Waals surface area (Å²) < 4.78 is 2.73. The molecule has 2 aromatic heterocycles. The van der Waals surface area contributed by atoms with Crippen molar-refractivity contribution in [3.05, 3.63) is 47.2 Å². The molecule has 0 amide bonds. The van der Waals surface area contributed by atoms with Crippen molar-refractivity contribution < 1.29 is 9.90 Å². The minimum atomic E-state index is -0.639. The lowest BCUT2D eigenvalue weighted by Crippen LogP contribution is -2.34. The molecule has 0 spiro atoms. The Hall–Kier alpha value is -3.90. The fourth-order valence-electron chi connectivity index (χ4n) is 2.70. The van der Waals surface area contributed by atoms with Crippen LogP contribution in [0.25, 0.3) is 0 Å². The summed E-state index contributed by atoms with van der Waals surface area (Å²) >= 11 is 0. The third-order valence-electron chi connectivity index (χ3n) is 3.97.